The third-order valence-corrected chi connectivity index (χ3v) is 4.52. The summed E-state index contributed by atoms with van der Waals surface area (Å²) in [6.45, 7) is 7.74. The summed E-state index contributed by atoms with van der Waals surface area (Å²) in [6, 6.07) is 4.98. The Morgan fingerprint density at radius 2 is 2.05 bits per heavy atom. The molecule has 1 fully saturated rings. The Bertz CT molecular complexity index is 369. The molecule has 2 nitrogen and oxygen atoms in total. The molecule has 0 radical (unpaired) electrons. The average Bonchev–Trinajstić information content (AvgIpc) is 2.63. The van der Waals surface area contributed by atoms with E-state index in [2.05, 4.69) is 36.3 Å². The van der Waals surface area contributed by atoms with Crippen molar-refractivity contribution in [3.8, 4) is 0 Å². The van der Waals surface area contributed by atoms with Gasteiger partial charge in [0.25, 0.3) is 0 Å². The number of nitrogens with zero attached hydrogens (tertiary/aromatic N) is 1. The largest absolute Gasteiger partial charge is 0.310 e. The number of aromatic nitrogens is 1. The van der Waals surface area contributed by atoms with E-state index in [1.54, 1.807) is 0 Å². The summed E-state index contributed by atoms with van der Waals surface area (Å²) < 4.78 is 0. The van der Waals surface area contributed by atoms with E-state index in [1.165, 1.54) is 37.7 Å². The Balaban J connectivity index is 1.78. The van der Waals surface area contributed by atoms with Crippen molar-refractivity contribution in [2.24, 2.45) is 11.8 Å². The lowest BCUT2D eigenvalue weighted by atomic mass is 9.89. The molecule has 1 aliphatic carbocycles. The van der Waals surface area contributed by atoms with Crippen molar-refractivity contribution >= 4 is 0 Å². The van der Waals surface area contributed by atoms with Crippen LogP contribution in [0.2, 0.25) is 0 Å². The summed E-state index contributed by atoms with van der Waals surface area (Å²) >= 11 is 0. The van der Waals surface area contributed by atoms with Crippen LogP contribution in [0.25, 0.3) is 0 Å². The highest BCUT2D eigenvalue weighted by Crippen LogP contribution is 2.28. The van der Waals surface area contributed by atoms with Crippen LogP contribution >= 0.6 is 0 Å². The predicted molar refractivity (Wildman–Crippen MR) is 81.0 cm³/mol. The van der Waals surface area contributed by atoms with Gasteiger partial charge in [-0.3, -0.25) is 4.98 Å². The average molecular weight is 260 g/mol. The Morgan fingerprint density at radius 1 is 1.21 bits per heavy atom. The quantitative estimate of drug-likeness (QED) is 0.825. The summed E-state index contributed by atoms with van der Waals surface area (Å²) in [6.07, 6.45) is 8.86. The van der Waals surface area contributed by atoms with Crippen LogP contribution in [-0.2, 0) is 6.54 Å². The minimum absolute atomic E-state index is 0.699. The van der Waals surface area contributed by atoms with Gasteiger partial charge in [0.15, 0.2) is 0 Å². The molecule has 1 aromatic heterocycles. The van der Waals surface area contributed by atoms with E-state index in [0.717, 1.165) is 24.1 Å². The fourth-order valence-corrected chi connectivity index (χ4v) is 3.07. The molecule has 0 aromatic carbocycles. The zero-order valence-electron chi connectivity index (χ0n) is 12.7. The van der Waals surface area contributed by atoms with Crippen LogP contribution in [0.4, 0.5) is 0 Å². The summed E-state index contributed by atoms with van der Waals surface area (Å²) in [5, 5.41) is 3.72. The van der Waals surface area contributed by atoms with Gasteiger partial charge in [0.05, 0.1) is 0 Å². The molecule has 2 unspecified atom stereocenters. The fraction of sp³-hybridized carbons (Fsp3) is 0.706. The number of pyridine rings is 1. The molecule has 2 atom stereocenters. The van der Waals surface area contributed by atoms with Crippen LogP contribution in [0.15, 0.2) is 18.3 Å². The maximum atomic E-state index is 4.36. The van der Waals surface area contributed by atoms with Crippen LogP contribution in [0.3, 0.4) is 0 Å². The molecule has 2 rings (SSSR count). The van der Waals surface area contributed by atoms with Gasteiger partial charge in [0, 0.05) is 24.5 Å². The Kier molecular flexibility index (Phi) is 5.38. The van der Waals surface area contributed by atoms with Crippen LogP contribution in [0, 0.1) is 18.8 Å². The molecule has 0 saturated heterocycles. The molecule has 0 bridgehead atoms. The van der Waals surface area contributed by atoms with Crippen molar-refractivity contribution in [3.05, 3.63) is 29.6 Å². The van der Waals surface area contributed by atoms with Gasteiger partial charge in [-0.25, -0.2) is 0 Å². The minimum atomic E-state index is 0.699. The van der Waals surface area contributed by atoms with Crippen molar-refractivity contribution < 1.29 is 0 Å². The molecular formula is C17H28N2. The lowest BCUT2D eigenvalue weighted by Crippen LogP contribution is -2.28. The molecule has 106 valence electrons. The zero-order valence-corrected chi connectivity index (χ0v) is 12.7. The summed E-state index contributed by atoms with van der Waals surface area (Å²) in [4.78, 5) is 4.36. The maximum Gasteiger partial charge on any atom is 0.0372 e. The predicted octanol–water partition coefficient (Wildman–Crippen LogP) is 4.08. The van der Waals surface area contributed by atoms with Gasteiger partial charge in [0.2, 0.25) is 0 Å². The van der Waals surface area contributed by atoms with Gasteiger partial charge in [-0.1, -0.05) is 32.8 Å². The van der Waals surface area contributed by atoms with Crippen LogP contribution in [0.1, 0.15) is 57.2 Å². The summed E-state index contributed by atoms with van der Waals surface area (Å²) in [5.41, 5.74) is 2.40. The number of nitrogens with one attached hydrogen (secondary N) is 1. The van der Waals surface area contributed by atoms with E-state index >= 15 is 0 Å². The lowest BCUT2D eigenvalue weighted by molar-refractivity contribution is 0.337. The summed E-state index contributed by atoms with van der Waals surface area (Å²) in [5.74, 6) is 1.79. The van der Waals surface area contributed by atoms with E-state index in [1.807, 2.05) is 13.1 Å². The number of rotatable bonds is 4. The molecule has 1 aromatic rings. The molecule has 2 heteroatoms. The maximum absolute atomic E-state index is 4.36. The van der Waals surface area contributed by atoms with Gasteiger partial charge < -0.3 is 5.32 Å². The first kappa shape index (κ1) is 14.5. The highest BCUT2D eigenvalue weighted by atomic mass is 14.9. The Labute approximate surface area is 118 Å². The second kappa shape index (κ2) is 7.04. The zero-order chi connectivity index (χ0) is 13.7. The molecular weight excluding hydrogens is 232 g/mol. The molecule has 1 heterocycles. The number of hydrogen-bond donors (Lipinski definition) is 1. The lowest BCUT2D eigenvalue weighted by Gasteiger charge is -2.19. The Hall–Kier alpha value is -0.890. The van der Waals surface area contributed by atoms with E-state index in [4.69, 9.17) is 0 Å². The first-order chi connectivity index (χ1) is 9.15. The van der Waals surface area contributed by atoms with Crippen molar-refractivity contribution in [3.63, 3.8) is 0 Å². The van der Waals surface area contributed by atoms with Gasteiger partial charge in [-0.05, 0) is 49.7 Å². The van der Waals surface area contributed by atoms with Gasteiger partial charge in [0.1, 0.15) is 0 Å². The van der Waals surface area contributed by atoms with Crippen LogP contribution in [0.5, 0.6) is 0 Å². The normalized spacial score (nSPS) is 24.4. The summed E-state index contributed by atoms with van der Waals surface area (Å²) in [7, 11) is 0. The molecule has 1 saturated carbocycles. The Morgan fingerprint density at radius 3 is 2.74 bits per heavy atom. The van der Waals surface area contributed by atoms with Gasteiger partial charge in [-0.15, -0.1) is 0 Å². The van der Waals surface area contributed by atoms with E-state index in [9.17, 15) is 0 Å². The highest BCUT2D eigenvalue weighted by Gasteiger charge is 2.20. The highest BCUT2D eigenvalue weighted by molar-refractivity contribution is 5.12. The van der Waals surface area contributed by atoms with E-state index in [-0.39, 0.29) is 0 Å². The third-order valence-electron chi connectivity index (χ3n) is 4.52. The standard InChI is InChI=1S/C17H28N2/c1-13(2)16-5-4-6-17(10-9-16)19-12-15-8-7-14(3)18-11-15/h7-8,11,13,16-17,19H,4-6,9-10,12H2,1-3H3. The monoisotopic (exact) mass is 260 g/mol. The van der Waals surface area contributed by atoms with Crippen LogP contribution < -0.4 is 5.32 Å². The molecule has 1 N–H and O–H groups in total. The van der Waals surface area contributed by atoms with Crippen LogP contribution in [-0.4, -0.2) is 11.0 Å². The minimum Gasteiger partial charge on any atom is -0.310 e. The molecule has 0 aliphatic heterocycles. The van der Waals surface area contributed by atoms with Gasteiger partial charge >= 0.3 is 0 Å². The number of aryl methyl sites for hydroxylation is 1. The fourth-order valence-electron chi connectivity index (χ4n) is 3.07. The number of hydrogen-bond acceptors (Lipinski definition) is 2. The van der Waals surface area contributed by atoms with Crippen molar-refractivity contribution in [1.82, 2.24) is 10.3 Å². The smallest absolute Gasteiger partial charge is 0.0372 e. The van der Waals surface area contributed by atoms with E-state index < -0.39 is 0 Å². The molecule has 1 aliphatic rings. The van der Waals surface area contributed by atoms with Gasteiger partial charge in [-0.2, -0.15) is 0 Å². The SMILES string of the molecule is Cc1ccc(CNC2CCCC(C(C)C)CC2)cn1. The topological polar surface area (TPSA) is 24.9 Å². The van der Waals surface area contributed by atoms with Crippen molar-refractivity contribution in [2.45, 2.75) is 65.5 Å². The third kappa shape index (κ3) is 4.61. The second-order valence-electron chi connectivity index (χ2n) is 6.40. The molecule has 0 spiro atoms. The molecule has 0 amide bonds. The van der Waals surface area contributed by atoms with Crippen molar-refractivity contribution in [2.75, 3.05) is 0 Å². The van der Waals surface area contributed by atoms with E-state index in [0.29, 0.717) is 6.04 Å². The molecule has 19 heavy (non-hydrogen) atoms. The second-order valence-corrected chi connectivity index (χ2v) is 6.40. The first-order valence-electron chi connectivity index (χ1n) is 7.80. The van der Waals surface area contributed by atoms with Crippen molar-refractivity contribution in [1.29, 1.82) is 0 Å². The first-order valence-corrected chi connectivity index (χ1v) is 7.80.